The van der Waals surface area contributed by atoms with Gasteiger partial charge in [-0.1, -0.05) is 187 Å². The molecule has 2 aromatic heterocycles. The first kappa shape index (κ1) is 35.6. The SMILES string of the molecule is C=Cc1ccc(C)cc1.Cc1ccc(-c2ccc(-c3cccc4ccccc34)s2)cc1.Cc1cccc(-c2ccc(-c3cccc4ccccc34)s2)c1. The fourth-order valence-electron chi connectivity index (χ4n) is 6.37. The largest absolute Gasteiger partial charge is 0.135 e. The van der Waals surface area contributed by atoms with E-state index >= 15 is 0 Å². The van der Waals surface area contributed by atoms with Gasteiger partial charge in [0.05, 0.1) is 0 Å². The number of hydrogen-bond donors (Lipinski definition) is 0. The molecule has 0 bridgehead atoms. The molecule has 0 atom stereocenters. The van der Waals surface area contributed by atoms with Crippen LogP contribution in [0.25, 0.3) is 69.4 Å². The first-order valence-corrected chi connectivity index (χ1v) is 19.6. The second-order valence-corrected chi connectivity index (χ2v) is 15.4. The number of thiophene rings is 2. The maximum Gasteiger partial charge on any atom is 0.0355 e. The molecule has 7 aromatic carbocycles. The van der Waals surface area contributed by atoms with E-state index in [4.69, 9.17) is 0 Å². The summed E-state index contributed by atoms with van der Waals surface area (Å²) in [7, 11) is 0. The Hall–Kier alpha value is -5.80. The smallest absolute Gasteiger partial charge is 0.0355 e. The molecule has 0 aliphatic rings. The highest BCUT2D eigenvalue weighted by Gasteiger charge is 2.09. The molecule has 0 saturated heterocycles. The number of rotatable bonds is 5. The van der Waals surface area contributed by atoms with E-state index < -0.39 is 0 Å². The van der Waals surface area contributed by atoms with Crippen molar-refractivity contribution in [3.63, 3.8) is 0 Å². The van der Waals surface area contributed by atoms with E-state index in [2.05, 4.69) is 209 Å². The van der Waals surface area contributed by atoms with Gasteiger partial charge in [0.25, 0.3) is 0 Å². The van der Waals surface area contributed by atoms with E-state index in [-0.39, 0.29) is 0 Å². The molecule has 0 fully saturated rings. The molecule has 9 rings (SSSR count). The molecular formula is C51H42S2. The molecule has 0 aliphatic carbocycles. The van der Waals surface area contributed by atoms with Gasteiger partial charge >= 0.3 is 0 Å². The minimum Gasteiger partial charge on any atom is -0.135 e. The van der Waals surface area contributed by atoms with Gasteiger partial charge < -0.3 is 0 Å². The molecule has 53 heavy (non-hydrogen) atoms. The molecule has 9 aromatic rings. The van der Waals surface area contributed by atoms with Crippen LogP contribution in [0.1, 0.15) is 22.3 Å². The average molecular weight is 719 g/mol. The van der Waals surface area contributed by atoms with Crippen LogP contribution in [-0.4, -0.2) is 0 Å². The quantitative estimate of drug-likeness (QED) is 0.166. The molecule has 258 valence electrons. The van der Waals surface area contributed by atoms with Gasteiger partial charge in [0.15, 0.2) is 0 Å². The zero-order chi connectivity index (χ0) is 36.6. The normalized spacial score (nSPS) is 10.6. The third kappa shape index (κ3) is 8.64. The predicted octanol–water partition coefficient (Wildman–Crippen LogP) is 15.7. The lowest BCUT2D eigenvalue weighted by Crippen LogP contribution is -1.77. The van der Waals surface area contributed by atoms with Crippen LogP contribution in [0.4, 0.5) is 0 Å². The van der Waals surface area contributed by atoms with E-state index in [0.717, 1.165) is 0 Å². The van der Waals surface area contributed by atoms with Crippen LogP contribution < -0.4 is 0 Å². The zero-order valence-electron chi connectivity index (χ0n) is 30.4. The van der Waals surface area contributed by atoms with Crippen LogP contribution in [0.3, 0.4) is 0 Å². The van der Waals surface area contributed by atoms with Crippen molar-refractivity contribution in [3.8, 4) is 41.8 Å². The van der Waals surface area contributed by atoms with Crippen LogP contribution in [0.15, 0.2) is 189 Å². The van der Waals surface area contributed by atoms with Crippen molar-refractivity contribution < 1.29 is 0 Å². The summed E-state index contributed by atoms with van der Waals surface area (Å²) < 4.78 is 0. The van der Waals surface area contributed by atoms with Crippen LogP contribution >= 0.6 is 22.7 Å². The van der Waals surface area contributed by atoms with Crippen molar-refractivity contribution >= 4 is 50.3 Å². The topological polar surface area (TPSA) is 0 Å². The maximum absolute atomic E-state index is 3.66. The van der Waals surface area contributed by atoms with Crippen molar-refractivity contribution in [2.45, 2.75) is 20.8 Å². The molecular weight excluding hydrogens is 677 g/mol. The highest BCUT2D eigenvalue weighted by molar-refractivity contribution is 7.19. The molecule has 0 nitrogen and oxygen atoms in total. The van der Waals surface area contributed by atoms with Gasteiger partial charge in [-0.05, 0) is 94.4 Å². The van der Waals surface area contributed by atoms with Gasteiger partial charge in [-0.2, -0.15) is 0 Å². The highest BCUT2D eigenvalue weighted by atomic mass is 32.1. The summed E-state index contributed by atoms with van der Waals surface area (Å²) in [4.78, 5) is 5.30. The fourth-order valence-corrected chi connectivity index (χ4v) is 8.47. The Kier molecular flexibility index (Phi) is 11.2. The molecule has 0 amide bonds. The monoisotopic (exact) mass is 718 g/mol. The Balaban J connectivity index is 0.000000134. The first-order valence-electron chi connectivity index (χ1n) is 17.9. The Morgan fingerprint density at radius 1 is 0.377 bits per heavy atom. The van der Waals surface area contributed by atoms with Crippen molar-refractivity contribution in [2.75, 3.05) is 0 Å². The van der Waals surface area contributed by atoms with Crippen LogP contribution in [-0.2, 0) is 0 Å². The van der Waals surface area contributed by atoms with Crippen molar-refractivity contribution in [2.24, 2.45) is 0 Å². The summed E-state index contributed by atoms with van der Waals surface area (Å²) in [5, 5.41) is 5.24. The van der Waals surface area contributed by atoms with Crippen LogP contribution in [0, 0.1) is 20.8 Å². The van der Waals surface area contributed by atoms with Gasteiger partial charge in [-0.3, -0.25) is 0 Å². The second kappa shape index (κ2) is 16.7. The minimum atomic E-state index is 1.18. The summed E-state index contributed by atoms with van der Waals surface area (Å²) in [6, 6.07) is 64.9. The van der Waals surface area contributed by atoms with E-state index in [1.807, 2.05) is 28.7 Å². The van der Waals surface area contributed by atoms with Crippen LogP contribution in [0.2, 0.25) is 0 Å². The van der Waals surface area contributed by atoms with Gasteiger partial charge in [-0.15, -0.1) is 22.7 Å². The van der Waals surface area contributed by atoms with Crippen LogP contribution in [0.5, 0.6) is 0 Å². The number of benzene rings is 7. The molecule has 0 unspecified atom stereocenters. The Morgan fingerprint density at radius 3 is 1.36 bits per heavy atom. The minimum absolute atomic E-state index is 1.18. The first-order chi connectivity index (χ1) is 25.9. The van der Waals surface area contributed by atoms with E-state index in [1.165, 1.54) is 85.6 Å². The highest BCUT2D eigenvalue weighted by Crippen LogP contribution is 2.39. The lowest BCUT2D eigenvalue weighted by molar-refractivity contribution is 1.46. The summed E-state index contributed by atoms with van der Waals surface area (Å²) >= 11 is 3.72. The molecule has 0 radical (unpaired) electrons. The Bertz CT molecular complexity index is 2590. The molecule has 0 saturated carbocycles. The van der Waals surface area contributed by atoms with Gasteiger partial charge in [-0.25, -0.2) is 0 Å². The third-order valence-corrected chi connectivity index (χ3v) is 11.6. The molecule has 2 heterocycles. The Labute approximate surface area is 322 Å². The van der Waals surface area contributed by atoms with Crippen molar-refractivity contribution in [1.29, 1.82) is 0 Å². The standard InChI is InChI=1S/2C21H16S.C9H10/c1-15-6-4-9-17(14-15)20-12-13-21(22-20)19-11-5-8-16-7-2-3-10-18(16)19;1-15-9-11-17(12-10-15)20-13-14-21(22-20)19-8-4-6-16-5-2-3-7-18(16)19;1-3-9-6-4-8(2)5-7-9/h2*2-14H,1H3;3-7H,1H2,2H3. The lowest BCUT2D eigenvalue weighted by atomic mass is 10.0. The Morgan fingerprint density at radius 2 is 0.830 bits per heavy atom. The summed E-state index contributed by atoms with van der Waals surface area (Å²) in [6.45, 7) is 10.0. The molecule has 0 aliphatic heterocycles. The number of aryl methyl sites for hydroxylation is 3. The molecule has 0 N–H and O–H groups in total. The zero-order valence-corrected chi connectivity index (χ0v) is 32.1. The number of fused-ring (bicyclic) bond motifs is 2. The van der Waals surface area contributed by atoms with Crippen molar-refractivity contribution in [3.05, 3.63) is 211 Å². The van der Waals surface area contributed by atoms with Gasteiger partial charge in [0.1, 0.15) is 0 Å². The lowest BCUT2D eigenvalue weighted by Gasteiger charge is -2.04. The maximum atomic E-state index is 3.66. The summed E-state index contributed by atoms with van der Waals surface area (Å²) in [5.74, 6) is 0. The second-order valence-electron chi connectivity index (χ2n) is 13.2. The van der Waals surface area contributed by atoms with Gasteiger partial charge in [0.2, 0.25) is 0 Å². The summed E-state index contributed by atoms with van der Waals surface area (Å²) in [6.07, 6.45) is 1.85. The predicted molar refractivity (Wildman–Crippen MR) is 236 cm³/mol. The van der Waals surface area contributed by atoms with E-state index in [0.29, 0.717) is 0 Å². The summed E-state index contributed by atoms with van der Waals surface area (Å²) in [5.41, 5.74) is 10.3. The third-order valence-electron chi connectivity index (χ3n) is 9.27. The molecule has 2 heteroatoms. The van der Waals surface area contributed by atoms with E-state index in [1.54, 1.807) is 0 Å². The number of hydrogen-bond acceptors (Lipinski definition) is 2. The van der Waals surface area contributed by atoms with Crippen molar-refractivity contribution in [1.82, 2.24) is 0 Å². The van der Waals surface area contributed by atoms with E-state index in [9.17, 15) is 0 Å². The average Bonchev–Trinajstić information content (AvgIpc) is 3.90. The fraction of sp³-hybridized carbons (Fsp3) is 0.0588. The molecule has 0 spiro atoms. The van der Waals surface area contributed by atoms with Gasteiger partial charge in [0, 0.05) is 19.5 Å².